The van der Waals surface area contributed by atoms with Gasteiger partial charge in [-0.25, -0.2) is 12.8 Å². The molecule has 0 bridgehead atoms. The average Bonchev–Trinajstić information content (AvgIpc) is 2.89. The van der Waals surface area contributed by atoms with Crippen molar-refractivity contribution in [2.24, 2.45) is 0 Å². The van der Waals surface area contributed by atoms with Gasteiger partial charge in [-0.05, 0) is 81.3 Å². The van der Waals surface area contributed by atoms with Gasteiger partial charge in [0.2, 0.25) is 11.8 Å². The van der Waals surface area contributed by atoms with Crippen LogP contribution in [-0.2, 0) is 26.2 Å². The largest absolute Gasteiger partial charge is 0.352 e. The Morgan fingerprint density at radius 2 is 1.57 bits per heavy atom. The Kier molecular flexibility index (Phi) is 10.6. The van der Waals surface area contributed by atoms with E-state index in [1.165, 1.54) is 4.90 Å². The molecule has 214 valence electrons. The normalized spacial score (nSPS) is 12.2. The number of amides is 2. The van der Waals surface area contributed by atoms with Crippen LogP contribution in [0.4, 0.5) is 10.1 Å². The van der Waals surface area contributed by atoms with Gasteiger partial charge in [0.1, 0.15) is 18.4 Å². The van der Waals surface area contributed by atoms with E-state index in [0.717, 1.165) is 34.1 Å². The van der Waals surface area contributed by atoms with Crippen LogP contribution in [0.1, 0.15) is 38.3 Å². The molecule has 0 heterocycles. The first kappa shape index (κ1) is 31.4. The zero-order valence-corrected chi connectivity index (χ0v) is 25.0. The van der Waals surface area contributed by atoms with E-state index < -0.39 is 34.3 Å². The lowest BCUT2D eigenvalue weighted by molar-refractivity contribution is -0.140. The highest BCUT2D eigenvalue weighted by Gasteiger charge is 2.34. The van der Waals surface area contributed by atoms with Gasteiger partial charge < -0.3 is 10.2 Å². The van der Waals surface area contributed by atoms with Crippen LogP contribution in [0.3, 0.4) is 0 Å². The van der Waals surface area contributed by atoms with Gasteiger partial charge in [0.05, 0.1) is 20.6 Å². The quantitative estimate of drug-likeness (QED) is 0.291. The SMILES string of the molecule is CCC(C(=O)NC(C)C)N(Cc1ccc(Cl)c(Cl)c1)C(=O)CN(c1ccc(C)cc1)S(=O)(=O)c1ccc(F)cc1. The van der Waals surface area contributed by atoms with E-state index in [2.05, 4.69) is 5.32 Å². The highest BCUT2D eigenvalue weighted by molar-refractivity contribution is 7.92. The molecule has 3 aromatic rings. The molecule has 1 atom stereocenters. The fourth-order valence-corrected chi connectivity index (χ4v) is 5.84. The maximum absolute atomic E-state index is 14.0. The van der Waals surface area contributed by atoms with Crippen LogP contribution in [-0.4, -0.2) is 43.8 Å². The lowest BCUT2D eigenvalue weighted by Gasteiger charge is -2.33. The third-order valence-corrected chi connectivity index (χ3v) is 8.68. The Morgan fingerprint density at radius 3 is 2.12 bits per heavy atom. The number of nitrogens with one attached hydrogen (secondary N) is 1. The number of benzene rings is 3. The average molecular weight is 609 g/mol. The Labute approximate surface area is 244 Å². The number of carbonyl (C=O) groups is 2. The van der Waals surface area contributed by atoms with Gasteiger partial charge in [0, 0.05) is 12.6 Å². The number of carbonyl (C=O) groups excluding carboxylic acids is 2. The molecule has 7 nitrogen and oxygen atoms in total. The monoisotopic (exact) mass is 607 g/mol. The van der Waals surface area contributed by atoms with E-state index in [4.69, 9.17) is 23.2 Å². The molecule has 0 aromatic heterocycles. The summed E-state index contributed by atoms with van der Waals surface area (Å²) in [6.45, 7) is 6.63. The molecule has 0 radical (unpaired) electrons. The molecule has 0 fully saturated rings. The zero-order valence-electron chi connectivity index (χ0n) is 22.7. The van der Waals surface area contributed by atoms with Crippen molar-refractivity contribution in [2.75, 3.05) is 10.8 Å². The van der Waals surface area contributed by atoms with Gasteiger partial charge in [-0.2, -0.15) is 0 Å². The Morgan fingerprint density at radius 1 is 0.950 bits per heavy atom. The maximum Gasteiger partial charge on any atom is 0.264 e. The van der Waals surface area contributed by atoms with E-state index in [1.54, 1.807) is 49.4 Å². The minimum atomic E-state index is -4.29. The molecular formula is C29H32Cl2FN3O4S. The van der Waals surface area contributed by atoms with E-state index in [0.29, 0.717) is 10.6 Å². The molecule has 3 rings (SSSR count). The van der Waals surface area contributed by atoms with E-state index in [1.807, 2.05) is 20.8 Å². The number of anilines is 1. The first-order chi connectivity index (χ1) is 18.8. The molecule has 0 saturated heterocycles. The summed E-state index contributed by atoms with van der Waals surface area (Å²) in [4.78, 5) is 28.3. The molecule has 1 N–H and O–H groups in total. The minimum Gasteiger partial charge on any atom is -0.352 e. The number of hydrogen-bond donors (Lipinski definition) is 1. The maximum atomic E-state index is 14.0. The van der Waals surface area contributed by atoms with Gasteiger partial charge in [0.25, 0.3) is 10.0 Å². The number of rotatable bonds is 11. The predicted octanol–water partition coefficient (Wildman–Crippen LogP) is 5.97. The molecule has 40 heavy (non-hydrogen) atoms. The van der Waals surface area contributed by atoms with Gasteiger partial charge >= 0.3 is 0 Å². The molecule has 11 heteroatoms. The molecule has 0 saturated carbocycles. The second-order valence-corrected chi connectivity index (χ2v) is 12.3. The number of aryl methyl sites for hydroxylation is 1. The van der Waals surface area contributed by atoms with Crippen LogP contribution in [0.2, 0.25) is 10.0 Å². The topological polar surface area (TPSA) is 86.8 Å². The summed E-state index contributed by atoms with van der Waals surface area (Å²) in [5.41, 5.74) is 1.76. The number of sulfonamides is 1. The van der Waals surface area contributed by atoms with Crippen molar-refractivity contribution in [1.29, 1.82) is 0 Å². The fourth-order valence-electron chi connectivity index (χ4n) is 4.11. The molecule has 3 aromatic carbocycles. The van der Waals surface area contributed by atoms with Crippen molar-refractivity contribution in [3.05, 3.63) is 93.7 Å². The van der Waals surface area contributed by atoms with Crippen LogP contribution in [0.15, 0.2) is 71.6 Å². The van der Waals surface area contributed by atoms with Crippen molar-refractivity contribution in [2.45, 2.75) is 57.6 Å². The summed E-state index contributed by atoms with van der Waals surface area (Å²) in [5, 5.41) is 3.46. The van der Waals surface area contributed by atoms with Crippen LogP contribution in [0.25, 0.3) is 0 Å². The van der Waals surface area contributed by atoms with E-state index in [-0.39, 0.29) is 40.5 Å². The molecule has 0 aliphatic heterocycles. The van der Waals surface area contributed by atoms with Gasteiger partial charge in [-0.1, -0.05) is 53.9 Å². The second kappa shape index (κ2) is 13.5. The fraction of sp³-hybridized carbons (Fsp3) is 0.310. The van der Waals surface area contributed by atoms with Crippen LogP contribution >= 0.6 is 23.2 Å². The van der Waals surface area contributed by atoms with Crippen molar-refractivity contribution in [3.8, 4) is 0 Å². The standard InChI is InChI=1S/C29H32Cl2FN3O4S/c1-5-27(29(37)33-19(2)3)34(17-21-8-15-25(30)26(31)16-21)28(36)18-35(23-11-6-20(4)7-12-23)40(38,39)24-13-9-22(32)10-14-24/h6-16,19,27H,5,17-18H2,1-4H3,(H,33,37). The molecule has 1 unspecified atom stereocenters. The summed E-state index contributed by atoms with van der Waals surface area (Å²) in [6, 6.07) is 14.8. The van der Waals surface area contributed by atoms with Crippen molar-refractivity contribution in [3.63, 3.8) is 0 Å². The summed E-state index contributed by atoms with van der Waals surface area (Å²) >= 11 is 12.3. The first-order valence-electron chi connectivity index (χ1n) is 12.7. The molecule has 0 spiro atoms. The van der Waals surface area contributed by atoms with Crippen molar-refractivity contribution >= 4 is 50.7 Å². The van der Waals surface area contributed by atoms with Gasteiger partial charge in [-0.15, -0.1) is 0 Å². The number of hydrogen-bond acceptors (Lipinski definition) is 4. The lowest BCUT2D eigenvalue weighted by Crippen LogP contribution is -2.53. The molecule has 2 amide bonds. The van der Waals surface area contributed by atoms with Crippen LogP contribution < -0.4 is 9.62 Å². The number of nitrogens with zero attached hydrogens (tertiary/aromatic N) is 2. The Hall–Kier alpha value is -3.14. The molecule has 0 aliphatic rings. The highest BCUT2D eigenvalue weighted by atomic mass is 35.5. The third kappa shape index (κ3) is 7.74. The number of halogens is 3. The van der Waals surface area contributed by atoms with Crippen LogP contribution in [0, 0.1) is 12.7 Å². The Balaban J connectivity index is 2.07. The summed E-state index contributed by atoms with van der Waals surface area (Å²) < 4.78 is 42.1. The van der Waals surface area contributed by atoms with Gasteiger partial charge in [0.15, 0.2) is 0 Å². The predicted molar refractivity (Wildman–Crippen MR) is 156 cm³/mol. The van der Waals surface area contributed by atoms with Gasteiger partial charge in [-0.3, -0.25) is 13.9 Å². The van der Waals surface area contributed by atoms with Crippen LogP contribution in [0.5, 0.6) is 0 Å². The third-order valence-electron chi connectivity index (χ3n) is 6.16. The second-order valence-electron chi connectivity index (χ2n) is 9.66. The minimum absolute atomic E-state index is 0.0158. The Bertz CT molecular complexity index is 1450. The lowest BCUT2D eigenvalue weighted by atomic mass is 10.1. The summed E-state index contributed by atoms with van der Waals surface area (Å²) in [5.74, 6) is -1.57. The van der Waals surface area contributed by atoms with E-state index >= 15 is 0 Å². The first-order valence-corrected chi connectivity index (χ1v) is 14.9. The smallest absolute Gasteiger partial charge is 0.264 e. The highest BCUT2D eigenvalue weighted by Crippen LogP contribution is 2.27. The zero-order chi connectivity index (χ0) is 29.6. The molecule has 0 aliphatic carbocycles. The summed E-state index contributed by atoms with van der Waals surface area (Å²) in [6.07, 6.45) is 0.279. The molecular weight excluding hydrogens is 576 g/mol. The van der Waals surface area contributed by atoms with E-state index in [9.17, 15) is 22.4 Å². The van der Waals surface area contributed by atoms with Crippen molar-refractivity contribution < 1.29 is 22.4 Å². The van der Waals surface area contributed by atoms with Crippen molar-refractivity contribution in [1.82, 2.24) is 10.2 Å². The summed E-state index contributed by atoms with van der Waals surface area (Å²) in [7, 11) is -4.29.